The summed E-state index contributed by atoms with van der Waals surface area (Å²) in [5.74, 6) is 1.10. The van der Waals surface area contributed by atoms with Crippen molar-refractivity contribution in [2.75, 3.05) is 5.75 Å². The summed E-state index contributed by atoms with van der Waals surface area (Å²) < 4.78 is 1.80. The van der Waals surface area contributed by atoms with Crippen LogP contribution in [-0.4, -0.2) is 20.2 Å². The van der Waals surface area contributed by atoms with Gasteiger partial charge in [0.25, 0.3) is 0 Å². The Balaban J connectivity index is 2.42. The fraction of sp³-hybridized carbons (Fsp3) is 0.667. The molecule has 0 aliphatic rings. The molecule has 0 saturated heterocycles. The van der Waals surface area contributed by atoms with Crippen LogP contribution in [0.2, 0.25) is 0 Å². The van der Waals surface area contributed by atoms with Gasteiger partial charge < -0.3 is 0 Å². The largest absolute Gasteiger partial charge is 0.194 e. The number of nitrogens with zero attached hydrogens (tertiary/aromatic N) is 3. The van der Waals surface area contributed by atoms with Crippen LogP contribution in [0.25, 0.3) is 0 Å². The van der Waals surface area contributed by atoms with Crippen molar-refractivity contribution in [2.45, 2.75) is 20.3 Å². The summed E-state index contributed by atoms with van der Waals surface area (Å²) in [6.07, 6.45) is 3.10. The molecule has 0 aliphatic carbocycles. The van der Waals surface area contributed by atoms with E-state index in [0.29, 0.717) is 0 Å². The minimum Gasteiger partial charge on any atom is -0.194 e. The van der Waals surface area contributed by atoms with Crippen molar-refractivity contribution in [1.82, 2.24) is 14.4 Å². The van der Waals surface area contributed by atoms with Crippen molar-refractivity contribution in [3.8, 4) is 0 Å². The van der Waals surface area contributed by atoms with E-state index in [1.807, 2.05) is 13.1 Å². The first-order chi connectivity index (χ1) is 4.83. The van der Waals surface area contributed by atoms with Crippen LogP contribution in [0.15, 0.2) is 6.20 Å². The van der Waals surface area contributed by atoms with E-state index >= 15 is 0 Å². The second-order valence-electron chi connectivity index (χ2n) is 2.10. The number of aryl methyl sites for hydroxylation is 1. The lowest BCUT2D eigenvalue weighted by Gasteiger charge is -1.93. The fourth-order valence-corrected chi connectivity index (χ4v) is 1.26. The van der Waals surface area contributed by atoms with Crippen LogP contribution >= 0.6 is 11.9 Å². The van der Waals surface area contributed by atoms with Crippen LogP contribution in [0.5, 0.6) is 0 Å². The zero-order valence-electron chi connectivity index (χ0n) is 6.24. The minimum absolute atomic E-state index is 0.976. The molecule has 0 N–H and O–H groups in total. The predicted molar refractivity (Wildman–Crippen MR) is 42.9 cm³/mol. The van der Waals surface area contributed by atoms with Gasteiger partial charge in [-0.2, -0.15) is 4.09 Å². The van der Waals surface area contributed by atoms with Gasteiger partial charge in [0.1, 0.15) is 0 Å². The van der Waals surface area contributed by atoms with E-state index in [1.54, 1.807) is 16.0 Å². The molecule has 0 unspecified atom stereocenters. The maximum absolute atomic E-state index is 3.88. The predicted octanol–water partition coefficient (Wildman–Crippen LogP) is 1.49. The first-order valence-corrected chi connectivity index (χ1v) is 4.29. The topological polar surface area (TPSA) is 30.7 Å². The van der Waals surface area contributed by atoms with Crippen molar-refractivity contribution < 1.29 is 0 Å². The van der Waals surface area contributed by atoms with Crippen molar-refractivity contribution in [3.05, 3.63) is 11.9 Å². The van der Waals surface area contributed by atoms with Crippen molar-refractivity contribution in [1.29, 1.82) is 0 Å². The van der Waals surface area contributed by atoms with Gasteiger partial charge in [-0.25, -0.2) is 0 Å². The molecule has 10 heavy (non-hydrogen) atoms. The lowest BCUT2D eigenvalue weighted by Crippen LogP contribution is -1.88. The number of rotatable bonds is 3. The van der Waals surface area contributed by atoms with E-state index in [1.165, 1.54) is 6.42 Å². The lowest BCUT2D eigenvalue weighted by molar-refractivity contribution is 0.880. The van der Waals surface area contributed by atoms with E-state index in [9.17, 15) is 0 Å². The van der Waals surface area contributed by atoms with Gasteiger partial charge in [0.05, 0.1) is 11.9 Å². The fourth-order valence-electron chi connectivity index (χ4n) is 0.574. The SMILES string of the molecule is CCCSn1cc(C)nn1. The van der Waals surface area contributed by atoms with Gasteiger partial charge in [0, 0.05) is 5.75 Å². The van der Waals surface area contributed by atoms with Crippen LogP contribution < -0.4 is 0 Å². The van der Waals surface area contributed by atoms with Crippen LogP contribution in [0.4, 0.5) is 0 Å². The third-order valence-corrected chi connectivity index (χ3v) is 2.05. The number of hydrogen-bond acceptors (Lipinski definition) is 3. The molecule has 0 spiro atoms. The van der Waals surface area contributed by atoms with Crippen molar-refractivity contribution in [3.63, 3.8) is 0 Å². The second-order valence-corrected chi connectivity index (χ2v) is 3.14. The van der Waals surface area contributed by atoms with E-state index in [2.05, 4.69) is 17.2 Å². The molecule has 0 fully saturated rings. The molecule has 0 atom stereocenters. The van der Waals surface area contributed by atoms with Gasteiger partial charge in [-0.3, -0.25) is 0 Å². The number of aromatic nitrogens is 3. The van der Waals surface area contributed by atoms with E-state index in [-0.39, 0.29) is 0 Å². The highest BCUT2D eigenvalue weighted by Gasteiger charge is 1.93. The maximum atomic E-state index is 3.88. The quantitative estimate of drug-likeness (QED) is 0.666. The molecular weight excluding hydrogens is 146 g/mol. The van der Waals surface area contributed by atoms with Gasteiger partial charge >= 0.3 is 0 Å². The molecule has 0 aromatic carbocycles. The Morgan fingerprint density at radius 3 is 3.00 bits per heavy atom. The Labute approximate surface area is 64.9 Å². The standard InChI is InChI=1S/C6H11N3S/c1-3-4-10-9-5-6(2)7-8-9/h5H,3-4H2,1-2H3. The van der Waals surface area contributed by atoms with Gasteiger partial charge in [-0.05, 0) is 25.3 Å². The maximum Gasteiger partial charge on any atom is 0.0807 e. The summed E-state index contributed by atoms with van der Waals surface area (Å²) in [5.41, 5.74) is 0.976. The molecule has 0 amide bonds. The number of hydrogen-bond donors (Lipinski definition) is 0. The molecule has 1 rings (SSSR count). The Kier molecular flexibility index (Phi) is 2.74. The minimum atomic E-state index is 0.976. The second kappa shape index (κ2) is 3.61. The molecule has 0 saturated carbocycles. The van der Waals surface area contributed by atoms with Crippen molar-refractivity contribution >= 4 is 11.9 Å². The highest BCUT2D eigenvalue weighted by Crippen LogP contribution is 2.04. The van der Waals surface area contributed by atoms with E-state index < -0.39 is 0 Å². The smallest absolute Gasteiger partial charge is 0.0807 e. The molecule has 1 aromatic heterocycles. The zero-order valence-corrected chi connectivity index (χ0v) is 7.06. The molecule has 4 heteroatoms. The third kappa shape index (κ3) is 2.02. The summed E-state index contributed by atoms with van der Waals surface area (Å²) in [4.78, 5) is 0. The van der Waals surface area contributed by atoms with Gasteiger partial charge in [-0.15, -0.1) is 5.10 Å². The van der Waals surface area contributed by atoms with Crippen LogP contribution in [0.1, 0.15) is 19.0 Å². The molecule has 0 radical (unpaired) electrons. The molecule has 56 valence electrons. The van der Waals surface area contributed by atoms with E-state index in [0.717, 1.165) is 11.4 Å². The average molecular weight is 157 g/mol. The van der Waals surface area contributed by atoms with Crippen LogP contribution in [0, 0.1) is 6.92 Å². The highest BCUT2D eigenvalue weighted by molar-refractivity contribution is 7.97. The van der Waals surface area contributed by atoms with Gasteiger partial charge in [0.15, 0.2) is 0 Å². The zero-order chi connectivity index (χ0) is 7.40. The Morgan fingerprint density at radius 1 is 1.70 bits per heavy atom. The monoisotopic (exact) mass is 157 g/mol. The average Bonchev–Trinajstić information content (AvgIpc) is 2.31. The first kappa shape index (κ1) is 7.60. The third-order valence-electron chi connectivity index (χ3n) is 1.02. The molecule has 1 aromatic rings. The summed E-state index contributed by atoms with van der Waals surface area (Å²) in [6, 6.07) is 0. The normalized spacial score (nSPS) is 10.2. The van der Waals surface area contributed by atoms with Crippen LogP contribution in [-0.2, 0) is 0 Å². The molecule has 0 bridgehead atoms. The van der Waals surface area contributed by atoms with Gasteiger partial charge in [-0.1, -0.05) is 12.1 Å². The first-order valence-electron chi connectivity index (χ1n) is 3.35. The Morgan fingerprint density at radius 2 is 2.50 bits per heavy atom. The molecular formula is C6H11N3S. The lowest BCUT2D eigenvalue weighted by atomic mass is 10.6. The summed E-state index contributed by atoms with van der Waals surface area (Å²) in [5, 5.41) is 7.74. The van der Waals surface area contributed by atoms with Gasteiger partial charge in [0.2, 0.25) is 0 Å². The summed E-state index contributed by atoms with van der Waals surface area (Å²) in [7, 11) is 0. The summed E-state index contributed by atoms with van der Waals surface area (Å²) >= 11 is 1.68. The van der Waals surface area contributed by atoms with Crippen LogP contribution in [0.3, 0.4) is 0 Å². The highest BCUT2D eigenvalue weighted by atomic mass is 32.2. The van der Waals surface area contributed by atoms with E-state index in [4.69, 9.17) is 0 Å². The Hall–Kier alpha value is -0.510. The molecule has 1 heterocycles. The van der Waals surface area contributed by atoms with Crippen molar-refractivity contribution in [2.24, 2.45) is 0 Å². The molecule has 3 nitrogen and oxygen atoms in total. The molecule has 0 aliphatic heterocycles. The summed E-state index contributed by atoms with van der Waals surface area (Å²) in [6.45, 7) is 4.09. The Bertz CT molecular complexity index is 197.